The van der Waals surface area contributed by atoms with Gasteiger partial charge in [0.1, 0.15) is 11.7 Å². The summed E-state index contributed by atoms with van der Waals surface area (Å²) in [6, 6.07) is 7.30. The smallest absolute Gasteiger partial charge is 0.313 e. The zero-order chi connectivity index (χ0) is 13.8. The van der Waals surface area contributed by atoms with E-state index in [0.29, 0.717) is 6.61 Å². The van der Waals surface area contributed by atoms with E-state index < -0.39 is 12.1 Å². The van der Waals surface area contributed by atoms with Crippen molar-refractivity contribution in [2.75, 3.05) is 13.7 Å². The second kappa shape index (κ2) is 6.01. The summed E-state index contributed by atoms with van der Waals surface area (Å²) in [6.45, 7) is 2.12. The Morgan fingerprint density at radius 1 is 1.32 bits per heavy atom. The van der Waals surface area contributed by atoms with E-state index in [9.17, 15) is 4.79 Å². The molecule has 1 saturated heterocycles. The van der Waals surface area contributed by atoms with Crippen LogP contribution in [0.3, 0.4) is 0 Å². The summed E-state index contributed by atoms with van der Waals surface area (Å²) >= 11 is 0. The summed E-state index contributed by atoms with van der Waals surface area (Å²) in [5, 5.41) is 0. The number of nitrogens with two attached hydrogens (primary N) is 1. The highest BCUT2D eigenvalue weighted by molar-refractivity contribution is 5.75. The molecule has 1 aliphatic rings. The Hall–Kier alpha value is -1.63. The number of nitrogens with one attached hydrogen (secondary N) is 2. The van der Waals surface area contributed by atoms with E-state index in [1.807, 2.05) is 24.3 Å². The largest absolute Gasteiger partial charge is 0.497 e. The standard InChI is InChI=1S/C13H19N3O3/c1-3-19-13(17)10-11(15-16-12(10)14)8-4-6-9(18-2)7-5-8/h4-7,10-12,15-16H,3,14H2,1-2H3. The van der Waals surface area contributed by atoms with Crippen molar-refractivity contribution in [1.29, 1.82) is 0 Å². The first-order valence-corrected chi connectivity index (χ1v) is 6.24. The molecule has 1 fully saturated rings. The Morgan fingerprint density at radius 2 is 2.00 bits per heavy atom. The highest BCUT2D eigenvalue weighted by Crippen LogP contribution is 2.29. The van der Waals surface area contributed by atoms with Crippen LogP contribution in [0.25, 0.3) is 0 Å². The molecule has 0 saturated carbocycles. The predicted octanol–water partition coefficient (Wildman–Crippen LogP) is 0.308. The Balaban J connectivity index is 2.19. The topological polar surface area (TPSA) is 85.6 Å². The summed E-state index contributed by atoms with van der Waals surface area (Å²) in [5.41, 5.74) is 12.8. The van der Waals surface area contributed by atoms with Crippen LogP contribution in [0.1, 0.15) is 18.5 Å². The first-order valence-electron chi connectivity index (χ1n) is 6.24. The van der Waals surface area contributed by atoms with E-state index >= 15 is 0 Å². The zero-order valence-electron chi connectivity index (χ0n) is 11.1. The molecule has 0 radical (unpaired) electrons. The number of hydrogen-bond acceptors (Lipinski definition) is 6. The number of rotatable bonds is 4. The number of esters is 1. The van der Waals surface area contributed by atoms with Crippen LogP contribution in [0.2, 0.25) is 0 Å². The van der Waals surface area contributed by atoms with Crippen LogP contribution in [0.4, 0.5) is 0 Å². The van der Waals surface area contributed by atoms with Gasteiger partial charge in [-0.25, -0.2) is 10.9 Å². The maximum absolute atomic E-state index is 12.0. The van der Waals surface area contributed by atoms with E-state index in [2.05, 4.69) is 10.9 Å². The fourth-order valence-electron chi connectivity index (χ4n) is 2.20. The van der Waals surface area contributed by atoms with Crippen LogP contribution in [0.5, 0.6) is 5.75 Å². The lowest BCUT2D eigenvalue weighted by atomic mass is 9.93. The molecule has 4 N–H and O–H groups in total. The molecule has 2 rings (SSSR count). The maximum Gasteiger partial charge on any atom is 0.313 e. The Labute approximate surface area is 112 Å². The quantitative estimate of drug-likeness (QED) is 0.679. The van der Waals surface area contributed by atoms with E-state index in [4.69, 9.17) is 15.2 Å². The lowest BCUT2D eigenvalue weighted by Gasteiger charge is -2.19. The summed E-state index contributed by atoms with van der Waals surface area (Å²) < 4.78 is 10.2. The molecular formula is C13H19N3O3. The van der Waals surface area contributed by atoms with Crippen molar-refractivity contribution in [2.45, 2.75) is 19.1 Å². The summed E-state index contributed by atoms with van der Waals surface area (Å²) in [6.07, 6.45) is -0.467. The zero-order valence-corrected chi connectivity index (χ0v) is 11.1. The molecule has 1 aliphatic heterocycles. The fraction of sp³-hybridized carbons (Fsp3) is 0.462. The van der Waals surface area contributed by atoms with Crippen LogP contribution < -0.4 is 21.3 Å². The molecule has 0 aliphatic carbocycles. The fourth-order valence-corrected chi connectivity index (χ4v) is 2.20. The van der Waals surface area contributed by atoms with Crippen molar-refractivity contribution in [1.82, 2.24) is 10.9 Å². The van der Waals surface area contributed by atoms with E-state index in [1.165, 1.54) is 0 Å². The van der Waals surface area contributed by atoms with E-state index in [1.54, 1.807) is 14.0 Å². The molecule has 3 atom stereocenters. The van der Waals surface area contributed by atoms with Gasteiger partial charge in [-0.2, -0.15) is 0 Å². The van der Waals surface area contributed by atoms with Gasteiger partial charge in [0, 0.05) is 0 Å². The lowest BCUT2D eigenvalue weighted by Crippen LogP contribution is -2.42. The summed E-state index contributed by atoms with van der Waals surface area (Å²) in [7, 11) is 1.61. The Kier molecular flexibility index (Phi) is 4.36. The lowest BCUT2D eigenvalue weighted by molar-refractivity contribution is -0.148. The first-order chi connectivity index (χ1) is 9.17. The summed E-state index contributed by atoms with van der Waals surface area (Å²) in [5.74, 6) is 0.0216. The van der Waals surface area contributed by atoms with Crippen molar-refractivity contribution >= 4 is 5.97 Å². The van der Waals surface area contributed by atoms with Crippen LogP contribution in [-0.2, 0) is 9.53 Å². The minimum Gasteiger partial charge on any atom is -0.497 e. The predicted molar refractivity (Wildman–Crippen MR) is 70.1 cm³/mol. The average Bonchev–Trinajstić information content (AvgIpc) is 2.81. The second-order valence-corrected chi connectivity index (χ2v) is 4.34. The number of hydrazine groups is 1. The molecule has 3 unspecified atom stereocenters. The maximum atomic E-state index is 12.0. The molecule has 0 aromatic heterocycles. The van der Waals surface area contributed by atoms with Crippen LogP contribution in [0, 0.1) is 5.92 Å². The Morgan fingerprint density at radius 3 is 2.58 bits per heavy atom. The van der Waals surface area contributed by atoms with Gasteiger partial charge in [-0.15, -0.1) is 0 Å². The van der Waals surface area contributed by atoms with Crippen LogP contribution in [-0.4, -0.2) is 25.9 Å². The Bertz CT molecular complexity index is 435. The molecule has 104 valence electrons. The number of carbonyl (C=O) groups excluding carboxylic acids is 1. The highest BCUT2D eigenvalue weighted by atomic mass is 16.5. The van der Waals surface area contributed by atoms with Gasteiger partial charge >= 0.3 is 5.97 Å². The average molecular weight is 265 g/mol. The van der Waals surface area contributed by atoms with E-state index in [0.717, 1.165) is 11.3 Å². The molecule has 1 aromatic carbocycles. The van der Waals surface area contributed by atoms with Gasteiger partial charge < -0.3 is 15.2 Å². The molecule has 1 aromatic rings. The van der Waals surface area contributed by atoms with Crippen molar-refractivity contribution in [3.05, 3.63) is 29.8 Å². The van der Waals surface area contributed by atoms with Gasteiger partial charge in [-0.05, 0) is 24.6 Å². The number of carbonyl (C=O) groups is 1. The number of hydrogen-bond donors (Lipinski definition) is 3. The van der Waals surface area contributed by atoms with Gasteiger partial charge in [-0.3, -0.25) is 4.79 Å². The number of methoxy groups -OCH3 is 1. The number of ether oxygens (including phenoxy) is 2. The summed E-state index contributed by atoms with van der Waals surface area (Å²) in [4.78, 5) is 12.0. The molecule has 6 nitrogen and oxygen atoms in total. The van der Waals surface area contributed by atoms with Gasteiger partial charge in [0.15, 0.2) is 0 Å². The van der Waals surface area contributed by atoms with Gasteiger partial charge in [-0.1, -0.05) is 12.1 Å². The van der Waals surface area contributed by atoms with E-state index in [-0.39, 0.29) is 12.0 Å². The van der Waals surface area contributed by atoms with Crippen molar-refractivity contribution in [3.8, 4) is 5.75 Å². The number of benzene rings is 1. The minimum atomic E-state index is -0.467. The monoisotopic (exact) mass is 265 g/mol. The normalized spacial score (nSPS) is 26.2. The molecule has 0 bridgehead atoms. The molecule has 1 heterocycles. The molecule has 0 spiro atoms. The minimum absolute atomic E-state index is 0.208. The van der Waals surface area contributed by atoms with Crippen molar-refractivity contribution in [3.63, 3.8) is 0 Å². The van der Waals surface area contributed by atoms with Crippen LogP contribution in [0.15, 0.2) is 24.3 Å². The first kappa shape index (κ1) is 13.8. The van der Waals surface area contributed by atoms with Crippen molar-refractivity contribution in [2.24, 2.45) is 11.7 Å². The molecule has 6 heteroatoms. The second-order valence-electron chi connectivity index (χ2n) is 4.34. The van der Waals surface area contributed by atoms with Gasteiger partial charge in [0.05, 0.1) is 25.9 Å². The van der Waals surface area contributed by atoms with Gasteiger partial charge in [0.25, 0.3) is 0 Å². The molecule has 0 amide bonds. The third-order valence-electron chi connectivity index (χ3n) is 3.19. The van der Waals surface area contributed by atoms with Crippen LogP contribution >= 0.6 is 0 Å². The highest BCUT2D eigenvalue weighted by Gasteiger charge is 2.40. The molecule has 19 heavy (non-hydrogen) atoms. The third kappa shape index (κ3) is 2.86. The van der Waals surface area contributed by atoms with Crippen molar-refractivity contribution < 1.29 is 14.3 Å². The molecular weight excluding hydrogens is 246 g/mol. The third-order valence-corrected chi connectivity index (χ3v) is 3.19. The SMILES string of the molecule is CCOC(=O)C1C(N)NNC1c1ccc(OC)cc1. The van der Waals surface area contributed by atoms with Gasteiger partial charge in [0.2, 0.25) is 0 Å².